The number of aryl methyl sites for hydroxylation is 1. The minimum Gasteiger partial charge on any atom is -0.478 e. The average Bonchev–Trinajstić information content (AvgIpc) is 2.76. The van der Waals surface area contributed by atoms with Gasteiger partial charge in [0.25, 0.3) is 0 Å². The summed E-state index contributed by atoms with van der Waals surface area (Å²) < 4.78 is 5.44. The molecule has 1 N–H and O–H groups in total. The lowest BCUT2D eigenvalue weighted by Gasteiger charge is -2.04. The van der Waals surface area contributed by atoms with Crippen LogP contribution in [0.25, 0.3) is 0 Å². The fourth-order valence-electron chi connectivity index (χ4n) is 1.41. The number of rotatable bonds is 5. The quantitative estimate of drug-likeness (QED) is 0.896. The number of thiazole rings is 1. The van der Waals surface area contributed by atoms with E-state index in [-0.39, 0.29) is 5.56 Å². The number of carboxylic acids is 1. The summed E-state index contributed by atoms with van der Waals surface area (Å²) in [5, 5.41) is 8.72. The van der Waals surface area contributed by atoms with Crippen molar-refractivity contribution in [2.45, 2.75) is 13.3 Å². The van der Waals surface area contributed by atoms with E-state index in [1.54, 1.807) is 17.4 Å². The van der Waals surface area contributed by atoms with Gasteiger partial charge < -0.3 is 9.84 Å². The minimum absolute atomic E-state index is 0.153. The Bertz CT molecular complexity index is 537. The topological polar surface area (TPSA) is 72.3 Å². The highest BCUT2D eigenvalue weighted by Gasteiger charge is 2.04. The van der Waals surface area contributed by atoms with Gasteiger partial charge in [-0.1, -0.05) is 0 Å². The molecular formula is C12H12N2O3S. The van der Waals surface area contributed by atoms with Crippen LogP contribution in [0.3, 0.4) is 0 Å². The lowest BCUT2D eigenvalue weighted by atomic mass is 10.3. The van der Waals surface area contributed by atoms with Gasteiger partial charge in [-0.05, 0) is 13.0 Å². The van der Waals surface area contributed by atoms with Gasteiger partial charge in [0.1, 0.15) is 0 Å². The van der Waals surface area contributed by atoms with Gasteiger partial charge in [0.2, 0.25) is 5.88 Å². The van der Waals surface area contributed by atoms with Gasteiger partial charge in [-0.15, -0.1) is 11.3 Å². The number of aromatic nitrogens is 2. The van der Waals surface area contributed by atoms with Crippen molar-refractivity contribution < 1.29 is 14.6 Å². The Morgan fingerprint density at radius 3 is 2.83 bits per heavy atom. The molecule has 0 aliphatic rings. The molecule has 2 aromatic rings. The van der Waals surface area contributed by atoms with Crippen molar-refractivity contribution in [2.24, 2.45) is 0 Å². The lowest BCUT2D eigenvalue weighted by molar-refractivity contribution is 0.0696. The summed E-state index contributed by atoms with van der Waals surface area (Å²) in [5.74, 6) is -0.559. The predicted molar refractivity (Wildman–Crippen MR) is 67.2 cm³/mol. The van der Waals surface area contributed by atoms with Crippen molar-refractivity contribution in [2.75, 3.05) is 6.61 Å². The highest BCUT2D eigenvalue weighted by molar-refractivity contribution is 7.09. The zero-order valence-corrected chi connectivity index (χ0v) is 10.6. The second-order valence-corrected chi connectivity index (χ2v) is 4.59. The second kappa shape index (κ2) is 5.59. The summed E-state index contributed by atoms with van der Waals surface area (Å²) in [4.78, 5) is 19.9. The molecule has 2 aromatic heterocycles. The Hall–Kier alpha value is -1.95. The minimum atomic E-state index is -0.991. The van der Waals surface area contributed by atoms with E-state index in [1.165, 1.54) is 17.1 Å². The molecule has 0 amide bonds. The number of hydrogen-bond acceptors (Lipinski definition) is 5. The van der Waals surface area contributed by atoms with Crippen LogP contribution in [0.15, 0.2) is 23.8 Å². The first-order valence-electron chi connectivity index (χ1n) is 5.38. The molecule has 0 saturated heterocycles. The largest absolute Gasteiger partial charge is 0.478 e. The van der Waals surface area contributed by atoms with Crippen molar-refractivity contribution in [1.82, 2.24) is 9.97 Å². The van der Waals surface area contributed by atoms with Gasteiger partial charge in [-0.25, -0.2) is 14.8 Å². The van der Waals surface area contributed by atoms with Crippen LogP contribution in [0.2, 0.25) is 0 Å². The average molecular weight is 264 g/mol. The zero-order valence-electron chi connectivity index (χ0n) is 9.79. The van der Waals surface area contributed by atoms with Gasteiger partial charge in [0, 0.05) is 23.6 Å². The van der Waals surface area contributed by atoms with Crippen LogP contribution in [0.4, 0.5) is 0 Å². The first-order valence-corrected chi connectivity index (χ1v) is 6.26. The Labute approximate surface area is 108 Å². The van der Waals surface area contributed by atoms with Crippen molar-refractivity contribution in [3.05, 3.63) is 40.0 Å². The van der Waals surface area contributed by atoms with Crippen LogP contribution in [0, 0.1) is 6.92 Å². The van der Waals surface area contributed by atoms with E-state index in [0.29, 0.717) is 12.5 Å². The molecule has 2 heterocycles. The van der Waals surface area contributed by atoms with Crippen LogP contribution < -0.4 is 4.74 Å². The molecule has 0 aliphatic heterocycles. The highest BCUT2D eigenvalue weighted by Crippen LogP contribution is 2.14. The molecule has 5 nitrogen and oxygen atoms in total. The van der Waals surface area contributed by atoms with Crippen molar-refractivity contribution in [3.63, 3.8) is 0 Å². The molecule has 94 valence electrons. The van der Waals surface area contributed by atoms with Gasteiger partial charge in [-0.3, -0.25) is 0 Å². The Kier molecular flexibility index (Phi) is 3.88. The molecule has 0 fully saturated rings. The first kappa shape index (κ1) is 12.5. The third kappa shape index (κ3) is 3.04. The van der Waals surface area contributed by atoms with Gasteiger partial charge in [0.05, 0.1) is 23.4 Å². The maximum absolute atomic E-state index is 10.6. The molecule has 0 spiro atoms. The Morgan fingerprint density at radius 1 is 1.44 bits per heavy atom. The maximum Gasteiger partial charge on any atom is 0.337 e. The van der Waals surface area contributed by atoms with Crippen LogP contribution in [0.5, 0.6) is 5.88 Å². The summed E-state index contributed by atoms with van der Waals surface area (Å²) in [5.41, 5.74) is 2.99. The smallest absolute Gasteiger partial charge is 0.337 e. The first-order chi connectivity index (χ1) is 8.66. The van der Waals surface area contributed by atoms with Crippen molar-refractivity contribution in [1.29, 1.82) is 0 Å². The number of carbonyl (C=O) groups is 1. The summed E-state index contributed by atoms with van der Waals surface area (Å²) in [6, 6.07) is 3.03. The van der Waals surface area contributed by atoms with Gasteiger partial charge in [-0.2, -0.15) is 0 Å². The molecule has 0 saturated carbocycles. The third-order valence-electron chi connectivity index (χ3n) is 2.41. The van der Waals surface area contributed by atoms with Crippen LogP contribution in [-0.2, 0) is 6.42 Å². The van der Waals surface area contributed by atoms with Gasteiger partial charge >= 0.3 is 5.97 Å². The predicted octanol–water partition coefficient (Wildman–Crippen LogP) is 2.17. The molecule has 0 aliphatic carbocycles. The van der Waals surface area contributed by atoms with Crippen molar-refractivity contribution >= 4 is 17.3 Å². The number of pyridine rings is 1. The second-order valence-electron chi connectivity index (χ2n) is 3.65. The van der Waals surface area contributed by atoms with Gasteiger partial charge in [0.15, 0.2) is 0 Å². The van der Waals surface area contributed by atoms with Crippen LogP contribution in [0.1, 0.15) is 20.9 Å². The number of aromatic carboxylic acids is 1. The third-order valence-corrected chi connectivity index (χ3v) is 3.40. The van der Waals surface area contributed by atoms with E-state index < -0.39 is 5.97 Å². The molecule has 0 unspecified atom stereocenters. The summed E-state index contributed by atoms with van der Waals surface area (Å²) in [6.45, 7) is 2.47. The number of carboxylic acid groups (broad SMARTS) is 1. The van der Waals surface area contributed by atoms with E-state index in [1.807, 2.05) is 12.4 Å². The van der Waals surface area contributed by atoms with Crippen molar-refractivity contribution in [3.8, 4) is 5.88 Å². The SMILES string of the molecule is Cc1ncsc1CCOc1ccc(C(=O)O)cn1. The molecule has 6 heteroatoms. The highest BCUT2D eigenvalue weighted by atomic mass is 32.1. The van der Waals surface area contributed by atoms with E-state index in [9.17, 15) is 4.79 Å². The monoisotopic (exact) mass is 264 g/mol. The molecular weight excluding hydrogens is 252 g/mol. The van der Waals surface area contributed by atoms with E-state index in [0.717, 1.165) is 12.1 Å². The van der Waals surface area contributed by atoms with E-state index in [2.05, 4.69) is 9.97 Å². The fraction of sp³-hybridized carbons (Fsp3) is 0.250. The summed E-state index contributed by atoms with van der Waals surface area (Å²) in [7, 11) is 0. The van der Waals surface area contributed by atoms with E-state index in [4.69, 9.17) is 9.84 Å². The molecule has 0 radical (unpaired) electrons. The normalized spacial score (nSPS) is 10.3. The zero-order chi connectivity index (χ0) is 13.0. The summed E-state index contributed by atoms with van der Waals surface area (Å²) >= 11 is 1.60. The Morgan fingerprint density at radius 2 is 2.28 bits per heavy atom. The lowest BCUT2D eigenvalue weighted by Crippen LogP contribution is -2.03. The molecule has 0 bridgehead atoms. The number of ether oxygens (including phenoxy) is 1. The standard InChI is InChI=1S/C12H12N2O3S/c1-8-10(18-7-14-8)4-5-17-11-3-2-9(6-13-11)12(15)16/h2-3,6-7H,4-5H2,1H3,(H,15,16). The summed E-state index contributed by atoms with van der Waals surface area (Å²) in [6.07, 6.45) is 2.06. The molecule has 0 aromatic carbocycles. The van der Waals surface area contributed by atoms with Crippen LogP contribution >= 0.6 is 11.3 Å². The number of hydrogen-bond donors (Lipinski definition) is 1. The molecule has 18 heavy (non-hydrogen) atoms. The maximum atomic E-state index is 10.6. The fourth-order valence-corrected chi connectivity index (χ4v) is 2.17. The number of nitrogens with zero attached hydrogens (tertiary/aromatic N) is 2. The Balaban J connectivity index is 1.87. The molecule has 0 atom stereocenters. The van der Waals surface area contributed by atoms with E-state index >= 15 is 0 Å². The van der Waals surface area contributed by atoms with Crippen LogP contribution in [-0.4, -0.2) is 27.7 Å². The molecule has 2 rings (SSSR count).